The van der Waals surface area contributed by atoms with Crippen LogP contribution in [0.15, 0.2) is 73.1 Å². The smallest absolute Gasteiger partial charge is 0.0730 e. The van der Waals surface area contributed by atoms with E-state index in [0.717, 1.165) is 17.7 Å². The van der Waals surface area contributed by atoms with Crippen LogP contribution in [0.2, 0.25) is 0 Å². The van der Waals surface area contributed by atoms with E-state index >= 15 is 0 Å². The van der Waals surface area contributed by atoms with Crippen molar-refractivity contribution in [3.05, 3.63) is 89.7 Å². The topological polar surface area (TPSA) is 50.1 Å². The second-order valence-corrected chi connectivity index (χ2v) is 6.46. The molecule has 1 aromatic heterocycles. The third-order valence-electron chi connectivity index (χ3n) is 4.37. The van der Waals surface area contributed by atoms with Crippen molar-refractivity contribution < 1.29 is 5.11 Å². The molecule has 0 saturated heterocycles. The molecule has 130 valence electrons. The Hall–Kier alpha value is -2.43. The average molecular weight is 335 g/mol. The summed E-state index contributed by atoms with van der Waals surface area (Å²) in [7, 11) is 0. The molecule has 0 fully saturated rings. The van der Waals surface area contributed by atoms with E-state index in [1.165, 1.54) is 5.56 Å². The molecule has 3 rings (SSSR count). The Morgan fingerprint density at radius 3 is 2.28 bits per heavy atom. The van der Waals surface area contributed by atoms with Gasteiger partial charge in [-0.15, -0.1) is 0 Å². The van der Waals surface area contributed by atoms with Gasteiger partial charge >= 0.3 is 0 Å². The van der Waals surface area contributed by atoms with Gasteiger partial charge in [-0.1, -0.05) is 60.7 Å². The summed E-state index contributed by atoms with van der Waals surface area (Å²) in [5.74, 6) is 0. The van der Waals surface area contributed by atoms with Gasteiger partial charge in [0.1, 0.15) is 0 Å². The molecule has 25 heavy (non-hydrogen) atoms. The van der Waals surface area contributed by atoms with Crippen LogP contribution < -0.4 is 5.32 Å². The summed E-state index contributed by atoms with van der Waals surface area (Å²) in [4.78, 5) is 0. The lowest BCUT2D eigenvalue weighted by atomic mass is 10.0. The highest BCUT2D eigenvalue weighted by molar-refractivity contribution is 5.17. The van der Waals surface area contributed by atoms with Crippen LogP contribution in [-0.2, 0) is 19.5 Å². The fourth-order valence-corrected chi connectivity index (χ4v) is 2.80. The normalized spacial score (nSPS) is 13.5. The number of benzene rings is 2. The van der Waals surface area contributed by atoms with E-state index in [0.29, 0.717) is 13.0 Å². The lowest BCUT2D eigenvalue weighted by Crippen LogP contribution is -2.38. The van der Waals surface area contributed by atoms with Crippen LogP contribution in [0.5, 0.6) is 0 Å². The van der Waals surface area contributed by atoms with Gasteiger partial charge in [0.15, 0.2) is 0 Å². The number of hydrogen-bond acceptors (Lipinski definition) is 3. The quantitative estimate of drug-likeness (QED) is 0.665. The van der Waals surface area contributed by atoms with Crippen molar-refractivity contribution in [2.75, 3.05) is 0 Å². The molecule has 2 N–H and O–H groups in total. The predicted octanol–water partition coefficient (Wildman–Crippen LogP) is 3.01. The molecule has 1 heterocycles. The monoisotopic (exact) mass is 335 g/mol. The number of aliphatic hydroxyl groups is 1. The second kappa shape index (κ2) is 8.60. The summed E-state index contributed by atoms with van der Waals surface area (Å²) < 4.78 is 1.94. The minimum Gasteiger partial charge on any atom is -0.391 e. The fourth-order valence-electron chi connectivity index (χ4n) is 2.80. The largest absolute Gasteiger partial charge is 0.391 e. The van der Waals surface area contributed by atoms with Crippen LogP contribution in [-0.4, -0.2) is 27.0 Å². The van der Waals surface area contributed by atoms with E-state index in [1.807, 2.05) is 66.3 Å². The number of rotatable bonds is 8. The van der Waals surface area contributed by atoms with Crippen molar-refractivity contribution >= 4 is 0 Å². The molecule has 3 aromatic rings. The van der Waals surface area contributed by atoms with Crippen LogP contribution in [0.3, 0.4) is 0 Å². The summed E-state index contributed by atoms with van der Waals surface area (Å²) in [5.41, 5.74) is 3.51. The van der Waals surface area contributed by atoms with Gasteiger partial charge in [-0.2, -0.15) is 5.10 Å². The first-order valence-electron chi connectivity index (χ1n) is 8.71. The molecule has 0 amide bonds. The van der Waals surface area contributed by atoms with Crippen LogP contribution in [0.4, 0.5) is 0 Å². The minimum atomic E-state index is -0.415. The highest BCUT2D eigenvalue weighted by Gasteiger charge is 2.14. The molecule has 2 unspecified atom stereocenters. The average Bonchev–Trinajstić information content (AvgIpc) is 3.08. The molecule has 4 heteroatoms. The lowest BCUT2D eigenvalue weighted by Gasteiger charge is -2.20. The zero-order valence-corrected chi connectivity index (χ0v) is 14.5. The Morgan fingerprint density at radius 2 is 1.60 bits per heavy atom. The molecule has 0 bridgehead atoms. The highest BCUT2D eigenvalue weighted by atomic mass is 16.3. The maximum Gasteiger partial charge on any atom is 0.0730 e. The van der Waals surface area contributed by atoms with Crippen molar-refractivity contribution in [2.24, 2.45) is 0 Å². The summed E-state index contributed by atoms with van der Waals surface area (Å²) in [6.07, 6.45) is 4.17. The Labute approximate surface area is 149 Å². The number of aromatic nitrogens is 2. The molecule has 0 aliphatic heterocycles. The van der Waals surface area contributed by atoms with Gasteiger partial charge in [0.2, 0.25) is 0 Å². The van der Waals surface area contributed by atoms with Crippen molar-refractivity contribution in [3.8, 4) is 0 Å². The van der Waals surface area contributed by atoms with E-state index in [2.05, 4.69) is 28.7 Å². The van der Waals surface area contributed by atoms with Gasteiger partial charge in [0.05, 0.1) is 18.8 Å². The Bertz CT molecular complexity index is 755. The van der Waals surface area contributed by atoms with Gasteiger partial charge in [-0.3, -0.25) is 4.68 Å². The molecule has 2 aromatic carbocycles. The molecule has 0 aliphatic carbocycles. The van der Waals surface area contributed by atoms with Gasteiger partial charge < -0.3 is 10.4 Å². The summed E-state index contributed by atoms with van der Waals surface area (Å²) in [6, 6.07) is 20.4. The first kappa shape index (κ1) is 17.4. The Kier molecular flexibility index (Phi) is 5.99. The van der Waals surface area contributed by atoms with Crippen LogP contribution in [0.1, 0.15) is 23.6 Å². The number of nitrogens with one attached hydrogen (secondary N) is 1. The molecular formula is C21H25N3O. The summed E-state index contributed by atoms with van der Waals surface area (Å²) in [5, 5.41) is 18.2. The van der Waals surface area contributed by atoms with Crippen molar-refractivity contribution in [1.82, 2.24) is 15.1 Å². The standard InChI is InChI=1S/C21H25N3O/c1-17(21(25)12-18-8-4-2-5-9-18)22-13-20-14-23-24(16-20)15-19-10-6-3-7-11-19/h2-11,14,16-17,21-22,25H,12-13,15H2,1H3. The summed E-state index contributed by atoms with van der Waals surface area (Å²) >= 11 is 0. The maximum absolute atomic E-state index is 10.4. The molecule has 0 spiro atoms. The van der Waals surface area contributed by atoms with Gasteiger partial charge in [0.25, 0.3) is 0 Å². The molecular weight excluding hydrogens is 310 g/mol. The first-order chi connectivity index (χ1) is 12.2. The molecule has 0 radical (unpaired) electrons. The van der Waals surface area contributed by atoms with Crippen molar-refractivity contribution in [3.63, 3.8) is 0 Å². The Morgan fingerprint density at radius 1 is 0.960 bits per heavy atom. The van der Waals surface area contributed by atoms with Crippen LogP contribution in [0, 0.1) is 0 Å². The maximum atomic E-state index is 10.4. The molecule has 4 nitrogen and oxygen atoms in total. The predicted molar refractivity (Wildman–Crippen MR) is 100 cm³/mol. The number of aliphatic hydroxyl groups excluding tert-OH is 1. The van der Waals surface area contributed by atoms with Crippen molar-refractivity contribution in [2.45, 2.75) is 38.6 Å². The minimum absolute atomic E-state index is 0.0117. The summed E-state index contributed by atoms with van der Waals surface area (Å²) in [6.45, 7) is 3.48. The second-order valence-electron chi connectivity index (χ2n) is 6.46. The molecule has 0 saturated carbocycles. The number of hydrogen-bond donors (Lipinski definition) is 2. The number of nitrogens with zero attached hydrogens (tertiary/aromatic N) is 2. The van der Waals surface area contributed by atoms with E-state index in [-0.39, 0.29) is 6.04 Å². The first-order valence-corrected chi connectivity index (χ1v) is 8.71. The zero-order valence-electron chi connectivity index (χ0n) is 14.5. The van der Waals surface area contributed by atoms with Crippen LogP contribution in [0.25, 0.3) is 0 Å². The fraction of sp³-hybridized carbons (Fsp3) is 0.286. The zero-order chi connectivity index (χ0) is 17.5. The van der Waals surface area contributed by atoms with Gasteiger partial charge in [-0.25, -0.2) is 0 Å². The van der Waals surface area contributed by atoms with E-state index in [1.54, 1.807) is 0 Å². The van der Waals surface area contributed by atoms with E-state index < -0.39 is 6.10 Å². The third-order valence-corrected chi connectivity index (χ3v) is 4.37. The highest BCUT2D eigenvalue weighted by Crippen LogP contribution is 2.08. The third kappa shape index (κ3) is 5.28. The Balaban J connectivity index is 1.48. The van der Waals surface area contributed by atoms with Crippen LogP contribution >= 0.6 is 0 Å². The SMILES string of the molecule is CC(NCc1cnn(Cc2ccccc2)c1)C(O)Cc1ccccc1. The van der Waals surface area contributed by atoms with Gasteiger partial charge in [-0.05, 0) is 24.5 Å². The van der Waals surface area contributed by atoms with Crippen molar-refractivity contribution in [1.29, 1.82) is 0 Å². The lowest BCUT2D eigenvalue weighted by molar-refractivity contribution is 0.134. The molecule has 0 aliphatic rings. The molecule has 2 atom stereocenters. The van der Waals surface area contributed by atoms with Gasteiger partial charge in [0, 0.05) is 24.3 Å². The van der Waals surface area contributed by atoms with E-state index in [4.69, 9.17) is 0 Å². The van der Waals surface area contributed by atoms with E-state index in [9.17, 15) is 5.11 Å².